The van der Waals surface area contributed by atoms with Gasteiger partial charge in [0.1, 0.15) is 0 Å². The van der Waals surface area contributed by atoms with Gasteiger partial charge in [-0.05, 0) is 97.9 Å². The van der Waals surface area contributed by atoms with E-state index < -0.39 is 15.6 Å². The Morgan fingerprint density at radius 1 is 0.263 bits per heavy atom. The van der Waals surface area contributed by atoms with Crippen molar-refractivity contribution >= 4 is 52.7 Å². The summed E-state index contributed by atoms with van der Waals surface area (Å²) >= 11 is 0. The van der Waals surface area contributed by atoms with Gasteiger partial charge >= 0.3 is 134 Å². The quantitative estimate of drug-likeness (QED) is 0.0606. The molecule has 0 amide bonds. The summed E-state index contributed by atoms with van der Waals surface area (Å²) in [6, 6.07) is 67.4. The van der Waals surface area contributed by atoms with Gasteiger partial charge in [0.2, 0.25) is 0 Å². The van der Waals surface area contributed by atoms with E-state index in [-0.39, 0.29) is 56.7 Å². The van der Waals surface area contributed by atoms with Gasteiger partial charge in [-0.2, -0.15) is 0 Å². The Morgan fingerprint density at radius 3 is 0.525 bits per heavy atom. The van der Waals surface area contributed by atoms with Crippen molar-refractivity contribution in [3.63, 3.8) is 0 Å². The van der Waals surface area contributed by atoms with Crippen molar-refractivity contribution < 1.29 is 119 Å². The number of aromatic nitrogens is 4. The van der Waals surface area contributed by atoms with E-state index in [2.05, 4.69) is 181 Å². The molecule has 424 valence electrons. The summed E-state index contributed by atoms with van der Waals surface area (Å²) in [5.74, 6) is 0. The molecule has 0 spiro atoms. The maximum atomic E-state index is 9.87. The largest absolute Gasteiger partial charge is 0.255 e. The van der Waals surface area contributed by atoms with Gasteiger partial charge < -0.3 is 0 Å². The molecular weight excluding hydrogens is 1500 g/mol. The molecule has 0 N–H and O–H groups in total. The van der Waals surface area contributed by atoms with E-state index >= 15 is 0 Å². The van der Waals surface area contributed by atoms with Gasteiger partial charge in [-0.25, -0.2) is 0 Å². The van der Waals surface area contributed by atoms with Gasteiger partial charge in [-0.3, -0.25) is 19.9 Å². The van der Waals surface area contributed by atoms with Crippen LogP contribution in [0.5, 0.6) is 0 Å². The van der Waals surface area contributed by atoms with Crippen LogP contribution in [-0.4, -0.2) is 32.3 Å². The van der Waals surface area contributed by atoms with E-state index in [0.29, 0.717) is 0 Å². The van der Waals surface area contributed by atoms with Crippen LogP contribution in [-0.2, 0) is 68.8 Å². The molecule has 28 heteroatoms. The fraction of sp³-hybridized carbons (Fsp3) is 0.0385. The average molecular weight is 1540 g/mol. The van der Waals surface area contributed by atoms with Crippen LogP contribution in [0.4, 0.5) is 50.4 Å². The molecule has 8 aromatic rings. The Morgan fingerprint density at radius 2 is 0.400 bits per heavy atom. The first-order valence-corrected chi connectivity index (χ1v) is 27.6. The summed E-state index contributed by atoms with van der Waals surface area (Å²) < 4.78 is 163. The summed E-state index contributed by atoms with van der Waals surface area (Å²) in [6.45, 7) is 27.0. The molecule has 0 atom stereocenters. The zero-order valence-electron chi connectivity index (χ0n) is 40.5. The monoisotopic (exact) mass is 1540 g/mol. The number of nitrogens with zero attached hydrogens (tertiary/aromatic N) is 4. The van der Waals surface area contributed by atoms with E-state index in [1.54, 1.807) is 24.8 Å². The molecule has 4 aromatic heterocycles. The SMILES string of the molecule is F[P-](F)(F)(F)(F)F.F[P-](F)(F)(F)(F)F.[C-]#[O+].[C-]#[O+].[C-]#[O+].[C-]#[O+].[C-]#[O+].[C-]#[O+].[Re].[Re].c1ccc(-c2ccccn2)nc1.c1ccc(-c2ccccn2)nc1.c1ccc(P(CCP(c2ccccc2)c2ccccc2)c2ccccc2)cc1. The summed E-state index contributed by atoms with van der Waals surface area (Å²) in [4.78, 5) is 16.7. The van der Waals surface area contributed by atoms with Crippen molar-refractivity contribution in [2.24, 2.45) is 0 Å². The number of hydrogen-bond donors (Lipinski definition) is 0. The predicted molar refractivity (Wildman–Crippen MR) is 274 cm³/mol. The summed E-state index contributed by atoms with van der Waals surface area (Å²) in [6.07, 6.45) is 9.49. The minimum atomic E-state index is -10.7. The molecule has 0 saturated carbocycles. The first-order chi connectivity index (χ1) is 36.7. The number of pyridine rings is 4. The fourth-order valence-electron chi connectivity index (χ4n) is 5.50. The van der Waals surface area contributed by atoms with Gasteiger partial charge in [0.25, 0.3) is 0 Å². The third kappa shape index (κ3) is 48.1. The summed E-state index contributed by atoms with van der Waals surface area (Å²) in [5, 5.41) is 5.89. The molecule has 0 bridgehead atoms. The van der Waals surface area contributed by atoms with Crippen LogP contribution in [0, 0.1) is 39.9 Å². The smallest absolute Gasteiger partial charge is 0.0886 e. The van der Waals surface area contributed by atoms with E-state index in [1.807, 2.05) is 72.8 Å². The Labute approximate surface area is 482 Å². The van der Waals surface area contributed by atoms with Crippen molar-refractivity contribution in [1.29, 1.82) is 0 Å². The molecule has 0 unspecified atom stereocenters. The average Bonchev–Trinajstić information content (AvgIpc) is 3.46. The van der Waals surface area contributed by atoms with Gasteiger partial charge in [-0.15, -0.1) is 0 Å². The van der Waals surface area contributed by atoms with E-state index in [4.69, 9.17) is 27.9 Å². The van der Waals surface area contributed by atoms with Crippen molar-refractivity contribution in [2.75, 3.05) is 12.3 Å². The molecule has 4 aromatic carbocycles. The molecular formula is C52H40F12N4O6P4Re2-2. The molecule has 10 nitrogen and oxygen atoms in total. The fourth-order valence-corrected chi connectivity index (χ4v) is 10.9. The summed E-state index contributed by atoms with van der Waals surface area (Å²) in [5.41, 5.74) is 3.66. The van der Waals surface area contributed by atoms with E-state index in [9.17, 15) is 50.4 Å². The van der Waals surface area contributed by atoms with Crippen LogP contribution in [0.3, 0.4) is 0 Å². The van der Waals surface area contributed by atoms with Crippen LogP contribution in [0.2, 0.25) is 0 Å². The molecule has 0 aliphatic heterocycles. The molecule has 0 fully saturated rings. The van der Waals surface area contributed by atoms with E-state index in [0.717, 1.165) is 22.8 Å². The first-order valence-electron chi connectivity index (χ1n) is 20.5. The van der Waals surface area contributed by atoms with Gasteiger partial charge in [0.15, 0.2) is 0 Å². The van der Waals surface area contributed by atoms with Crippen LogP contribution in [0.1, 0.15) is 0 Å². The maximum absolute atomic E-state index is 10.7. The van der Waals surface area contributed by atoms with Crippen molar-refractivity contribution in [3.05, 3.63) is 259 Å². The zero-order chi connectivity index (χ0) is 60.3. The van der Waals surface area contributed by atoms with Crippen LogP contribution >= 0.6 is 31.5 Å². The molecule has 2 radical (unpaired) electrons. The standard InChI is InChI=1S/C26H24P2.2C10H8N2.6CO.2F6P.2Re/c1-5-13-23(14-6-1)27(24-15-7-2-8-16-24)21-22-28(25-17-9-3-10-18-25)26-19-11-4-12-20-26;2*1-3-7-11-9(5-1)10-6-2-4-8-12-10;6*1-2;2*1-7(2,3,4,5)6;;/h1-20H,21-22H2;2*1-8H;;;;;;;;;;/q;;;;;;;;;2*-1;;. The maximum Gasteiger partial charge on any atom is 0.0886 e. The van der Waals surface area contributed by atoms with Crippen LogP contribution in [0.15, 0.2) is 219 Å². The second kappa shape index (κ2) is 41.2. The second-order valence-electron chi connectivity index (χ2n) is 13.4. The number of rotatable bonds is 9. The predicted octanol–water partition coefficient (Wildman–Crippen LogP) is 16.1. The zero-order valence-corrected chi connectivity index (χ0v) is 49.5. The number of benzene rings is 4. The Bertz CT molecular complexity index is 2540. The first kappa shape index (κ1) is 83.0. The molecule has 0 aliphatic rings. The second-order valence-corrected chi connectivity index (χ2v) is 21.9. The molecule has 4 heterocycles. The number of halogens is 12. The van der Waals surface area contributed by atoms with Gasteiger partial charge in [0.05, 0.1) is 22.8 Å². The van der Waals surface area contributed by atoms with Gasteiger partial charge in [0, 0.05) is 65.6 Å². The van der Waals surface area contributed by atoms with Crippen molar-refractivity contribution in [2.45, 2.75) is 0 Å². The van der Waals surface area contributed by atoms with Crippen LogP contribution < -0.4 is 21.2 Å². The Hall–Kier alpha value is -5.88. The number of hydrogen-bond acceptors (Lipinski definition) is 4. The molecule has 8 rings (SSSR count). The van der Waals surface area contributed by atoms with Gasteiger partial charge in [-0.1, -0.05) is 146 Å². The minimum Gasteiger partial charge on any atom is -0.255 e. The molecule has 80 heavy (non-hydrogen) atoms. The molecule has 0 saturated heterocycles. The Kier molecular flexibility index (Phi) is 42.7. The topological polar surface area (TPSA) is 171 Å². The van der Waals surface area contributed by atoms with E-state index in [1.165, 1.54) is 33.5 Å². The van der Waals surface area contributed by atoms with Crippen molar-refractivity contribution in [3.8, 4) is 22.8 Å². The summed E-state index contributed by atoms with van der Waals surface area (Å²) in [7, 11) is -22.0. The van der Waals surface area contributed by atoms with Crippen molar-refractivity contribution in [1.82, 2.24) is 19.9 Å². The minimum absolute atomic E-state index is 0. The Balaban J connectivity index is -0.000000305. The normalized spacial score (nSPS) is 11.0. The third-order valence-corrected chi connectivity index (χ3v) is 13.4. The third-order valence-electron chi connectivity index (χ3n) is 8.00. The molecule has 0 aliphatic carbocycles. The van der Waals surface area contributed by atoms with Crippen LogP contribution in [0.25, 0.3) is 22.8 Å².